The molecule has 3 rings (SSSR count). The molecule has 0 aliphatic carbocycles. The van der Waals surface area contributed by atoms with Crippen LogP contribution in [0.25, 0.3) is 10.9 Å². The predicted octanol–water partition coefficient (Wildman–Crippen LogP) is 2.35. The molecule has 2 aromatic rings. The van der Waals surface area contributed by atoms with Crippen molar-refractivity contribution < 1.29 is 9.59 Å². The van der Waals surface area contributed by atoms with Crippen LogP contribution in [0, 0.1) is 5.92 Å². The second-order valence-electron chi connectivity index (χ2n) is 7.43. The Hall–Kier alpha value is -2.63. The summed E-state index contributed by atoms with van der Waals surface area (Å²) < 4.78 is 1.84. The maximum atomic E-state index is 12.9. The van der Waals surface area contributed by atoms with Crippen molar-refractivity contribution in [1.82, 2.24) is 20.0 Å². The minimum absolute atomic E-state index is 0.0358. The van der Waals surface area contributed by atoms with Crippen molar-refractivity contribution in [2.75, 3.05) is 13.1 Å². The first-order valence-corrected chi connectivity index (χ1v) is 8.99. The van der Waals surface area contributed by atoms with E-state index in [1.54, 1.807) is 4.90 Å². The van der Waals surface area contributed by atoms with E-state index in [0.717, 1.165) is 29.4 Å². The summed E-state index contributed by atoms with van der Waals surface area (Å²) in [4.78, 5) is 26.4. The Balaban J connectivity index is 1.79. The number of hydrogen-bond acceptors (Lipinski definition) is 3. The quantitative estimate of drug-likeness (QED) is 0.857. The number of fused-ring (bicyclic) bond motifs is 1. The number of nitrogens with zero attached hydrogens (tertiary/aromatic N) is 3. The van der Waals surface area contributed by atoms with E-state index >= 15 is 0 Å². The topological polar surface area (TPSA) is 67.2 Å². The number of para-hydroxylation sites is 1. The summed E-state index contributed by atoms with van der Waals surface area (Å²) in [6.45, 7) is 8.59. The van der Waals surface area contributed by atoms with Gasteiger partial charge in [-0.05, 0) is 38.8 Å². The maximum absolute atomic E-state index is 12.9. The fourth-order valence-corrected chi connectivity index (χ4v) is 3.67. The summed E-state index contributed by atoms with van der Waals surface area (Å²) in [5.74, 6) is -0.356. The van der Waals surface area contributed by atoms with E-state index in [9.17, 15) is 9.59 Å². The van der Waals surface area contributed by atoms with Gasteiger partial charge in [0.15, 0.2) is 0 Å². The third kappa shape index (κ3) is 3.36. The summed E-state index contributed by atoms with van der Waals surface area (Å²) >= 11 is 0. The summed E-state index contributed by atoms with van der Waals surface area (Å²) in [6, 6.07) is 8.00. The molecule has 1 aromatic heterocycles. The van der Waals surface area contributed by atoms with Crippen LogP contribution in [0.1, 0.15) is 32.4 Å². The number of rotatable bonds is 4. The number of nitrogens with one attached hydrogen (secondary N) is 1. The average molecular weight is 354 g/mol. The lowest BCUT2D eigenvalue weighted by Gasteiger charge is -2.34. The fourth-order valence-electron chi connectivity index (χ4n) is 3.67. The normalized spacial score (nSPS) is 18.0. The minimum Gasteiger partial charge on any atom is -0.345 e. The lowest BCUT2D eigenvalue weighted by Crippen LogP contribution is -2.49. The molecule has 2 heterocycles. The molecule has 1 unspecified atom stereocenters. The van der Waals surface area contributed by atoms with Gasteiger partial charge < -0.3 is 10.2 Å². The summed E-state index contributed by atoms with van der Waals surface area (Å²) in [5.41, 5.74) is 1.27. The van der Waals surface area contributed by atoms with E-state index in [1.807, 2.05) is 49.8 Å². The molecule has 1 atom stereocenters. The second-order valence-corrected chi connectivity index (χ2v) is 7.43. The number of carbonyl (C=O) groups is 2. The monoisotopic (exact) mass is 354 g/mol. The molecule has 1 aliphatic heterocycles. The number of aromatic nitrogens is 2. The molecule has 0 saturated carbocycles. The first-order valence-electron chi connectivity index (χ1n) is 8.99. The third-order valence-electron chi connectivity index (χ3n) is 5.06. The highest BCUT2D eigenvalue weighted by molar-refractivity contribution is 5.88. The van der Waals surface area contributed by atoms with Crippen molar-refractivity contribution in [2.24, 2.45) is 13.0 Å². The Morgan fingerprint density at radius 2 is 2.08 bits per heavy atom. The lowest BCUT2D eigenvalue weighted by molar-refractivity contribution is -0.133. The average Bonchev–Trinajstić information content (AvgIpc) is 2.99. The molecular weight excluding hydrogens is 328 g/mol. The minimum atomic E-state index is -0.608. The highest BCUT2D eigenvalue weighted by Crippen LogP contribution is 2.28. The van der Waals surface area contributed by atoms with E-state index < -0.39 is 5.54 Å². The highest BCUT2D eigenvalue weighted by Gasteiger charge is 2.33. The molecule has 1 fully saturated rings. The molecule has 1 N–H and O–H groups in total. The fraction of sp³-hybridized carbons (Fsp3) is 0.450. The maximum Gasteiger partial charge on any atom is 0.245 e. The third-order valence-corrected chi connectivity index (χ3v) is 5.06. The van der Waals surface area contributed by atoms with Gasteiger partial charge in [-0.25, -0.2) is 0 Å². The Morgan fingerprint density at radius 1 is 1.35 bits per heavy atom. The smallest absolute Gasteiger partial charge is 0.245 e. The Kier molecular flexibility index (Phi) is 4.85. The van der Waals surface area contributed by atoms with Crippen LogP contribution < -0.4 is 5.32 Å². The highest BCUT2D eigenvalue weighted by atomic mass is 16.2. The van der Waals surface area contributed by atoms with Gasteiger partial charge in [0, 0.05) is 25.5 Å². The van der Waals surface area contributed by atoms with E-state index in [-0.39, 0.29) is 17.7 Å². The van der Waals surface area contributed by atoms with Gasteiger partial charge in [-0.3, -0.25) is 14.3 Å². The summed E-state index contributed by atoms with van der Waals surface area (Å²) in [5, 5.41) is 8.82. The zero-order valence-corrected chi connectivity index (χ0v) is 15.7. The first-order chi connectivity index (χ1) is 12.3. The van der Waals surface area contributed by atoms with Crippen molar-refractivity contribution in [2.45, 2.75) is 32.2 Å². The molecule has 1 aromatic carbocycles. The van der Waals surface area contributed by atoms with Gasteiger partial charge in [-0.2, -0.15) is 5.10 Å². The Morgan fingerprint density at radius 3 is 2.81 bits per heavy atom. The Labute approximate surface area is 153 Å². The van der Waals surface area contributed by atoms with Crippen LogP contribution in [-0.4, -0.2) is 39.6 Å². The van der Waals surface area contributed by atoms with Crippen LogP contribution in [0.4, 0.5) is 0 Å². The molecule has 2 amide bonds. The molecular formula is C20H26N4O2. The van der Waals surface area contributed by atoms with Gasteiger partial charge in [0.05, 0.1) is 22.7 Å². The van der Waals surface area contributed by atoms with Crippen molar-refractivity contribution >= 4 is 22.7 Å². The van der Waals surface area contributed by atoms with Crippen LogP contribution in [0.5, 0.6) is 0 Å². The van der Waals surface area contributed by atoms with Gasteiger partial charge in [0.2, 0.25) is 11.8 Å². The van der Waals surface area contributed by atoms with Gasteiger partial charge in [-0.1, -0.05) is 24.8 Å². The number of likely N-dealkylation sites (tertiary alicyclic amines) is 1. The Bertz CT molecular complexity index is 853. The van der Waals surface area contributed by atoms with Crippen molar-refractivity contribution in [3.8, 4) is 0 Å². The van der Waals surface area contributed by atoms with E-state index in [1.165, 1.54) is 6.08 Å². The molecule has 138 valence electrons. The standard InChI is InChI=1S/C20H26N4O2/c1-5-17(25)24-12-8-9-14(13-24)19(26)21-20(2,3)18-15-10-6-7-11-16(15)23(4)22-18/h5-7,10-11,14H,1,8-9,12-13H2,2-4H3,(H,21,26). The van der Waals surface area contributed by atoms with E-state index in [4.69, 9.17) is 0 Å². The number of aryl methyl sites for hydroxylation is 1. The molecule has 0 spiro atoms. The zero-order valence-electron chi connectivity index (χ0n) is 15.7. The summed E-state index contributed by atoms with van der Waals surface area (Å²) in [7, 11) is 1.91. The molecule has 26 heavy (non-hydrogen) atoms. The molecule has 1 saturated heterocycles. The molecule has 0 bridgehead atoms. The van der Waals surface area contributed by atoms with Gasteiger partial charge in [0.1, 0.15) is 0 Å². The molecule has 6 heteroatoms. The molecule has 1 aliphatic rings. The lowest BCUT2D eigenvalue weighted by atomic mass is 9.93. The molecule has 0 radical (unpaired) electrons. The van der Waals surface area contributed by atoms with Gasteiger partial charge in [0.25, 0.3) is 0 Å². The van der Waals surface area contributed by atoms with Crippen molar-refractivity contribution in [3.05, 3.63) is 42.6 Å². The first kappa shape index (κ1) is 18.2. The predicted molar refractivity (Wildman–Crippen MR) is 101 cm³/mol. The van der Waals surface area contributed by atoms with Crippen molar-refractivity contribution in [3.63, 3.8) is 0 Å². The number of benzene rings is 1. The van der Waals surface area contributed by atoms with E-state index in [2.05, 4.69) is 17.0 Å². The van der Waals surface area contributed by atoms with Gasteiger partial charge >= 0.3 is 0 Å². The van der Waals surface area contributed by atoms with Gasteiger partial charge in [-0.15, -0.1) is 0 Å². The van der Waals surface area contributed by atoms with Crippen LogP contribution in [0.3, 0.4) is 0 Å². The van der Waals surface area contributed by atoms with E-state index in [0.29, 0.717) is 13.1 Å². The number of hydrogen-bond donors (Lipinski definition) is 1. The number of amides is 2. The zero-order chi connectivity index (χ0) is 18.9. The van der Waals surface area contributed by atoms with Crippen LogP contribution >= 0.6 is 0 Å². The molecule has 6 nitrogen and oxygen atoms in total. The number of piperidine rings is 1. The van der Waals surface area contributed by atoms with Crippen molar-refractivity contribution in [1.29, 1.82) is 0 Å². The SMILES string of the molecule is C=CC(=O)N1CCCC(C(=O)NC(C)(C)c2nn(C)c3ccccc23)C1. The second kappa shape index (κ2) is 6.94. The summed E-state index contributed by atoms with van der Waals surface area (Å²) in [6.07, 6.45) is 2.92. The number of carbonyl (C=O) groups excluding carboxylic acids is 2. The van der Waals surface area contributed by atoms with Crippen LogP contribution in [0.2, 0.25) is 0 Å². The largest absolute Gasteiger partial charge is 0.345 e. The van der Waals surface area contributed by atoms with Crippen LogP contribution in [0.15, 0.2) is 36.9 Å². The van der Waals surface area contributed by atoms with Crippen LogP contribution in [-0.2, 0) is 22.2 Å².